The fourth-order valence-electron chi connectivity index (χ4n) is 6.93. The van der Waals surface area contributed by atoms with Gasteiger partial charge >= 0.3 is 0 Å². The second kappa shape index (κ2) is 12.9. The first kappa shape index (κ1) is 32.8. The number of aromatic nitrogens is 3. The molecule has 1 aromatic heterocycles. The van der Waals surface area contributed by atoms with Crippen LogP contribution in [0.1, 0.15) is 104 Å². The zero-order valence-corrected chi connectivity index (χ0v) is 30.2. The molecule has 0 radical (unpaired) electrons. The van der Waals surface area contributed by atoms with E-state index in [4.69, 9.17) is 15.0 Å². The maximum Gasteiger partial charge on any atom is 0.230 e. The zero-order valence-electron chi connectivity index (χ0n) is 28.4. The molecule has 7 heteroatoms. The van der Waals surface area contributed by atoms with E-state index in [1.807, 2.05) is 0 Å². The van der Waals surface area contributed by atoms with Crippen molar-refractivity contribution in [1.29, 1.82) is 0 Å². The van der Waals surface area contributed by atoms with Crippen LogP contribution in [-0.4, -0.2) is 46.3 Å². The molecule has 1 fully saturated rings. The number of hydrogen-bond donors (Lipinski definition) is 0. The van der Waals surface area contributed by atoms with Crippen molar-refractivity contribution in [3.8, 4) is 0 Å². The minimum Gasteiger partial charge on any atom is -0.341 e. The molecule has 4 rings (SSSR count). The first-order valence-corrected chi connectivity index (χ1v) is 18.7. The van der Waals surface area contributed by atoms with Crippen LogP contribution in [0.2, 0.25) is 0 Å². The fraction of sp³-hybridized carbons (Fsp3) is 0.571. The van der Waals surface area contributed by atoms with E-state index in [1.54, 1.807) is 11.1 Å². The first-order chi connectivity index (χ1) is 19.8. The highest BCUT2D eigenvalue weighted by molar-refractivity contribution is 7.95. The molecule has 1 saturated heterocycles. The lowest BCUT2D eigenvalue weighted by Crippen LogP contribution is -2.37. The normalized spacial score (nSPS) is 20.4. The molecule has 1 aliphatic heterocycles. The third-order valence-electron chi connectivity index (χ3n) is 8.74. The minimum absolute atomic E-state index is 0.174. The Morgan fingerprint density at radius 2 is 0.929 bits per heavy atom. The predicted molar refractivity (Wildman–Crippen MR) is 187 cm³/mol. The minimum atomic E-state index is -0.749. The van der Waals surface area contributed by atoms with E-state index < -0.39 is 15.8 Å². The Labute approximate surface area is 258 Å². The van der Waals surface area contributed by atoms with E-state index in [-0.39, 0.29) is 5.16 Å². The van der Waals surface area contributed by atoms with E-state index in [1.165, 1.54) is 33.4 Å². The molecule has 0 amide bonds. The number of aryl methyl sites for hydroxylation is 6. The Morgan fingerprint density at radius 3 is 1.21 bits per heavy atom. The summed E-state index contributed by atoms with van der Waals surface area (Å²) in [5.41, 5.74) is 12.5. The third-order valence-corrected chi connectivity index (χ3v) is 17.1. The summed E-state index contributed by atoms with van der Waals surface area (Å²) < 4.78 is 0. The highest BCUT2D eigenvalue weighted by atomic mass is 31.2. The molecule has 42 heavy (non-hydrogen) atoms. The second-order valence-corrected chi connectivity index (χ2v) is 19.2. The summed E-state index contributed by atoms with van der Waals surface area (Å²) in [7, 11) is -1.18. The predicted octanol–water partition coefficient (Wildman–Crippen LogP) is 9.21. The molecule has 1 aliphatic rings. The summed E-state index contributed by atoms with van der Waals surface area (Å²) in [6.45, 7) is 33.5. The van der Waals surface area contributed by atoms with Crippen LogP contribution < -0.4 is 15.4 Å². The highest BCUT2D eigenvalue weighted by Gasteiger charge is 2.58. The number of hydrogen-bond acceptors (Lipinski definition) is 5. The number of benzene rings is 2. The number of rotatable bonds is 9. The van der Waals surface area contributed by atoms with E-state index in [0.29, 0.717) is 10.8 Å². The van der Waals surface area contributed by atoms with E-state index in [2.05, 4.69) is 124 Å². The fourth-order valence-corrected chi connectivity index (χ4v) is 18.0. The molecular weight excluding hydrogens is 552 g/mol. The van der Waals surface area contributed by atoms with Crippen molar-refractivity contribution in [3.05, 3.63) is 68.8 Å². The summed E-state index contributed by atoms with van der Waals surface area (Å²) >= 11 is 0. The van der Waals surface area contributed by atoms with Gasteiger partial charge in [0.15, 0.2) is 5.57 Å². The summed E-state index contributed by atoms with van der Waals surface area (Å²) in [4.78, 5) is 20.4. The molecule has 0 saturated carbocycles. The number of nitrogens with zero attached hydrogens (tertiary/aromatic N) is 5. The lowest BCUT2D eigenvalue weighted by atomic mass is 10.0. The van der Waals surface area contributed by atoms with E-state index in [9.17, 15) is 0 Å². The largest absolute Gasteiger partial charge is 0.341 e. The van der Waals surface area contributed by atoms with E-state index >= 15 is 0 Å². The smallest absolute Gasteiger partial charge is 0.230 e. The molecule has 0 bridgehead atoms. The Morgan fingerprint density at radius 1 is 0.595 bits per heavy atom. The van der Waals surface area contributed by atoms with Crippen LogP contribution >= 0.6 is 15.8 Å². The van der Waals surface area contributed by atoms with Crippen LogP contribution in [0.5, 0.6) is 0 Å². The van der Waals surface area contributed by atoms with E-state index in [0.717, 1.165) is 43.6 Å². The molecule has 0 aliphatic carbocycles. The van der Waals surface area contributed by atoms with Crippen LogP contribution in [0.3, 0.4) is 0 Å². The van der Waals surface area contributed by atoms with Gasteiger partial charge in [-0.25, -0.2) is 0 Å². The van der Waals surface area contributed by atoms with Crippen molar-refractivity contribution >= 4 is 33.3 Å². The van der Waals surface area contributed by atoms with Crippen molar-refractivity contribution in [3.63, 3.8) is 0 Å². The van der Waals surface area contributed by atoms with Gasteiger partial charge in [-0.05, 0) is 116 Å². The molecule has 0 N–H and O–H groups in total. The number of anilines is 2. The van der Waals surface area contributed by atoms with Gasteiger partial charge in [0.2, 0.25) is 11.9 Å². The monoisotopic (exact) mass is 605 g/mol. The van der Waals surface area contributed by atoms with Gasteiger partial charge < -0.3 is 9.80 Å². The highest BCUT2D eigenvalue weighted by Crippen LogP contribution is 2.96. The average Bonchev–Trinajstić information content (AvgIpc) is 2.86. The van der Waals surface area contributed by atoms with Gasteiger partial charge in [0, 0.05) is 37.0 Å². The molecule has 2 atom stereocenters. The van der Waals surface area contributed by atoms with Gasteiger partial charge in [0.1, 0.15) is 0 Å². The first-order valence-electron chi connectivity index (χ1n) is 15.7. The topological polar surface area (TPSA) is 45.2 Å². The summed E-state index contributed by atoms with van der Waals surface area (Å²) in [6, 6.07) is 9.55. The van der Waals surface area contributed by atoms with Gasteiger partial charge in [0.05, 0.1) is 0 Å². The Bertz CT molecular complexity index is 1280. The summed E-state index contributed by atoms with van der Waals surface area (Å²) in [6.07, 6.45) is 0. The van der Waals surface area contributed by atoms with Gasteiger partial charge in [-0.15, -0.1) is 0 Å². The van der Waals surface area contributed by atoms with Crippen LogP contribution in [0.4, 0.5) is 11.9 Å². The van der Waals surface area contributed by atoms with Crippen molar-refractivity contribution in [2.45, 2.75) is 106 Å². The van der Waals surface area contributed by atoms with Crippen LogP contribution in [0.25, 0.3) is 0 Å². The lowest BCUT2D eigenvalue weighted by molar-refractivity contribution is 0.763. The van der Waals surface area contributed by atoms with Gasteiger partial charge in [-0.1, -0.05) is 64.1 Å². The zero-order chi connectivity index (χ0) is 31.1. The molecule has 2 aromatic carbocycles. The van der Waals surface area contributed by atoms with Crippen molar-refractivity contribution in [2.24, 2.45) is 0 Å². The van der Waals surface area contributed by atoms with Gasteiger partial charge in [-0.2, -0.15) is 15.0 Å². The quantitative estimate of drug-likeness (QED) is 0.228. The van der Waals surface area contributed by atoms with Crippen molar-refractivity contribution in [1.82, 2.24) is 15.0 Å². The Balaban J connectivity index is 2.07. The molecule has 3 aromatic rings. The summed E-state index contributed by atoms with van der Waals surface area (Å²) in [5, 5.41) is 1.06. The molecule has 228 valence electrons. The third kappa shape index (κ3) is 6.11. The molecule has 2 unspecified atom stereocenters. The van der Waals surface area contributed by atoms with Gasteiger partial charge in [-0.3, -0.25) is 0 Å². The second-order valence-electron chi connectivity index (χ2n) is 12.9. The van der Waals surface area contributed by atoms with Crippen LogP contribution in [0, 0.1) is 41.5 Å². The lowest BCUT2D eigenvalue weighted by Gasteiger charge is -2.59. The summed E-state index contributed by atoms with van der Waals surface area (Å²) in [5.74, 6) is 1.65. The van der Waals surface area contributed by atoms with Crippen molar-refractivity contribution in [2.75, 3.05) is 36.0 Å². The van der Waals surface area contributed by atoms with Crippen LogP contribution in [-0.2, 0) is 0 Å². The Kier molecular flexibility index (Phi) is 10.1. The maximum atomic E-state index is 5.39. The average molecular weight is 606 g/mol. The maximum absolute atomic E-state index is 5.39. The molecule has 5 nitrogen and oxygen atoms in total. The standard InChI is InChI=1S/C35H53N5P2/c1-14-39(15-2)32-36-33(40(16-3)17-4)38-34(37-32)41-30(28-24(7)18-22(5)19-25(28)8)42(35(11,12)13)31(41)29-26(9)20-23(6)21-27(29)10/h18-21,30-31H,14-17H2,1-13H3. The van der Waals surface area contributed by atoms with Gasteiger partial charge in [0.25, 0.3) is 0 Å². The molecular formula is C35H53N5P2. The van der Waals surface area contributed by atoms with Crippen LogP contribution in [0.15, 0.2) is 24.3 Å². The Hall–Kier alpha value is -2.09. The molecule has 2 heterocycles. The SMILES string of the molecule is CCN(CC)c1nc(N(CC)CC)nc(P2C(c3c(C)cc(C)cc3C)P(C(C)(C)C)C2c2c(C)cc(C)cc2C)n1. The molecule has 0 spiro atoms. The van der Waals surface area contributed by atoms with Crippen molar-refractivity contribution < 1.29 is 0 Å².